The highest BCUT2D eigenvalue weighted by atomic mass is 16.6. The molecule has 0 aliphatic carbocycles. The van der Waals surface area contributed by atoms with Crippen molar-refractivity contribution in [2.75, 3.05) is 30.0 Å². The topological polar surface area (TPSA) is 67.9 Å². The number of nitrogens with one attached hydrogen (secondary N) is 1. The maximum absolute atomic E-state index is 13.0. The molecule has 6 heteroatoms. The van der Waals surface area contributed by atoms with Gasteiger partial charge in [0.2, 0.25) is 5.91 Å². The van der Waals surface area contributed by atoms with Crippen LogP contribution < -0.4 is 19.7 Å². The van der Waals surface area contributed by atoms with Crippen molar-refractivity contribution in [3.8, 4) is 11.5 Å². The molecular weight excluding hydrogens is 296 g/mol. The van der Waals surface area contributed by atoms with Crippen molar-refractivity contribution < 1.29 is 19.1 Å². The van der Waals surface area contributed by atoms with Crippen molar-refractivity contribution in [3.05, 3.63) is 48.0 Å². The highest BCUT2D eigenvalue weighted by molar-refractivity contribution is 6.16. The summed E-state index contributed by atoms with van der Waals surface area (Å²) < 4.78 is 11.1. The third-order valence-corrected chi connectivity index (χ3v) is 3.81. The van der Waals surface area contributed by atoms with Gasteiger partial charge in [-0.3, -0.25) is 14.5 Å². The smallest absolute Gasteiger partial charge is 0.262 e. The second-order valence-corrected chi connectivity index (χ2v) is 5.29. The van der Waals surface area contributed by atoms with Crippen LogP contribution >= 0.6 is 0 Å². The van der Waals surface area contributed by atoms with E-state index in [0.29, 0.717) is 41.7 Å². The fraction of sp³-hybridized carbons (Fsp3) is 0.176. The summed E-state index contributed by atoms with van der Waals surface area (Å²) in [7, 11) is 0. The van der Waals surface area contributed by atoms with E-state index in [0.717, 1.165) is 0 Å². The zero-order valence-electron chi connectivity index (χ0n) is 12.2. The molecule has 116 valence electrons. The number of amides is 2. The molecule has 6 nitrogen and oxygen atoms in total. The molecule has 0 saturated carbocycles. The Kier molecular flexibility index (Phi) is 3.15. The zero-order chi connectivity index (χ0) is 15.8. The minimum absolute atomic E-state index is 0.0274. The predicted molar refractivity (Wildman–Crippen MR) is 84.2 cm³/mol. The first kappa shape index (κ1) is 13.6. The van der Waals surface area contributed by atoms with E-state index in [2.05, 4.69) is 5.32 Å². The van der Waals surface area contributed by atoms with Crippen molar-refractivity contribution in [3.63, 3.8) is 0 Å². The SMILES string of the molecule is O=C1CN(C(=O)c2cccc3c2OCCO3)c2ccccc2N1. The van der Waals surface area contributed by atoms with E-state index in [1.807, 2.05) is 12.1 Å². The maximum Gasteiger partial charge on any atom is 0.262 e. The van der Waals surface area contributed by atoms with Crippen LogP contribution in [0.25, 0.3) is 0 Å². The molecule has 2 aromatic rings. The van der Waals surface area contributed by atoms with Crippen molar-refractivity contribution in [1.29, 1.82) is 0 Å². The molecule has 2 aliphatic heterocycles. The van der Waals surface area contributed by atoms with Crippen molar-refractivity contribution in [2.45, 2.75) is 0 Å². The summed E-state index contributed by atoms with van der Waals surface area (Å²) in [5, 5.41) is 2.77. The van der Waals surface area contributed by atoms with Crippen LogP contribution in [0, 0.1) is 0 Å². The molecule has 2 aliphatic rings. The molecule has 2 aromatic carbocycles. The average molecular weight is 310 g/mol. The van der Waals surface area contributed by atoms with Crippen LogP contribution in [0.4, 0.5) is 11.4 Å². The molecular formula is C17H14N2O4. The number of ether oxygens (including phenoxy) is 2. The van der Waals surface area contributed by atoms with E-state index in [9.17, 15) is 9.59 Å². The summed E-state index contributed by atoms with van der Waals surface area (Å²) in [6.07, 6.45) is 0. The van der Waals surface area contributed by atoms with Gasteiger partial charge in [-0.15, -0.1) is 0 Å². The fourth-order valence-corrected chi connectivity index (χ4v) is 2.80. The van der Waals surface area contributed by atoms with Gasteiger partial charge in [0.15, 0.2) is 11.5 Å². The third-order valence-electron chi connectivity index (χ3n) is 3.81. The second-order valence-electron chi connectivity index (χ2n) is 5.29. The van der Waals surface area contributed by atoms with Crippen LogP contribution in [0.15, 0.2) is 42.5 Å². The molecule has 0 fully saturated rings. The minimum Gasteiger partial charge on any atom is -0.486 e. The standard InChI is InChI=1S/C17H14N2O4/c20-15-10-19(13-6-2-1-5-12(13)18-15)17(21)11-4-3-7-14-16(11)23-9-8-22-14/h1-7H,8-10H2,(H,18,20). The van der Waals surface area contributed by atoms with Crippen LogP contribution in [0.1, 0.15) is 10.4 Å². The number of hydrogen-bond acceptors (Lipinski definition) is 4. The first-order valence-corrected chi connectivity index (χ1v) is 7.33. The Balaban J connectivity index is 1.77. The zero-order valence-corrected chi connectivity index (χ0v) is 12.2. The lowest BCUT2D eigenvalue weighted by Gasteiger charge is -2.30. The number of benzene rings is 2. The molecule has 0 aromatic heterocycles. The van der Waals surface area contributed by atoms with E-state index in [-0.39, 0.29) is 18.4 Å². The largest absolute Gasteiger partial charge is 0.486 e. The lowest BCUT2D eigenvalue weighted by molar-refractivity contribution is -0.115. The Bertz CT molecular complexity index is 803. The van der Waals surface area contributed by atoms with Crippen molar-refractivity contribution in [1.82, 2.24) is 0 Å². The normalized spacial score (nSPS) is 15.7. The van der Waals surface area contributed by atoms with E-state index < -0.39 is 0 Å². The van der Waals surface area contributed by atoms with E-state index in [1.54, 1.807) is 30.3 Å². The van der Waals surface area contributed by atoms with Crippen LogP contribution in [-0.4, -0.2) is 31.6 Å². The van der Waals surface area contributed by atoms with Crippen molar-refractivity contribution >= 4 is 23.2 Å². The number of rotatable bonds is 1. The first-order valence-electron chi connectivity index (χ1n) is 7.33. The molecule has 0 bridgehead atoms. The van der Waals surface area contributed by atoms with Gasteiger partial charge in [-0.2, -0.15) is 0 Å². The van der Waals surface area contributed by atoms with Gasteiger partial charge >= 0.3 is 0 Å². The first-order chi connectivity index (χ1) is 11.2. The van der Waals surface area contributed by atoms with Gasteiger partial charge in [0.25, 0.3) is 5.91 Å². The Morgan fingerprint density at radius 1 is 1.04 bits per heavy atom. The molecule has 23 heavy (non-hydrogen) atoms. The van der Waals surface area contributed by atoms with Crippen LogP contribution in [0.2, 0.25) is 0 Å². The molecule has 0 unspecified atom stereocenters. The van der Waals surface area contributed by atoms with Gasteiger partial charge in [-0.05, 0) is 24.3 Å². The number of carbonyl (C=O) groups is 2. The summed E-state index contributed by atoms with van der Waals surface area (Å²) in [5.41, 5.74) is 1.69. The highest BCUT2D eigenvalue weighted by Crippen LogP contribution is 2.36. The molecule has 0 atom stereocenters. The molecule has 1 N–H and O–H groups in total. The molecule has 2 heterocycles. The molecule has 0 saturated heterocycles. The third kappa shape index (κ3) is 2.28. The van der Waals surface area contributed by atoms with E-state index in [1.165, 1.54) is 4.90 Å². The van der Waals surface area contributed by atoms with Crippen LogP contribution in [-0.2, 0) is 4.79 Å². The Hall–Kier alpha value is -3.02. The number of hydrogen-bond donors (Lipinski definition) is 1. The van der Waals surface area contributed by atoms with Crippen LogP contribution in [0.5, 0.6) is 11.5 Å². The predicted octanol–water partition coefficient (Wildman–Crippen LogP) is 2.06. The summed E-state index contributed by atoms with van der Waals surface area (Å²) in [4.78, 5) is 26.4. The number of carbonyl (C=O) groups excluding carboxylic acids is 2. The Morgan fingerprint density at radius 2 is 1.87 bits per heavy atom. The summed E-state index contributed by atoms with van der Waals surface area (Å²) in [5.74, 6) is 0.484. The lowest BCUT2D eigenvalue weighted by atomic mass is 10.1. The quantitative estimate of drug-likeness (QED) is 0.875. The number of anilines is 2. The van der Waals surface area contributed by atoms with Gasteiger partial charge < -0.3 is 14.8 Å². The van der Waals surface area contributed by atoms with Gasteiger partial charge in [0.1, 0.15) is 19.8 Å². The van der Waals surface area contributed by atoms with Gasteiger partial charge in [0, 0.05) is 0 Å². The monoisotopic (exact) mass is 310 g/mol. The Labute approximate surface area is 132 Å². The second kappa shape index (κ2) is 5.31. The molecule has 0 spiro atoms. The highest BCUT2D eigenvalue weighted by Gasteiger charge is 2.30. The average Bonchev–Trinajstić information content (AvgIpc) is 2.60. The molecule has 4 rings (SSSR count). The molecule has 2 amide bonds. The lowest BCUT2D eigenvalue weighted by Crippen LogP contribution is -2.42. The minimum atomic E-state index is -0.283. The van der Waals surface area contributed by atoms with Gasteiger partial charge in [-0.25, -0.2) is 0 Å². The van der Waals surface area contributed by atoms with E-state index >= 15 is 0 Å². The summed E-state index contributed by atoms with van der Waals surface area (Å²) in [6, 6.07) is 12.4. The van der Waals surface area contributed by atoms with Crippen LogP contribution in [0.3, 0.4) is 0 Å². The number of fused-ring (bicyclic) bond motifs is 2. The summed E-state index contributed by atoms with van der Waals surface area (Å²) >= 11 is 0. The van der Waals surface area contributed by atoms with Gasteiger partial charge in [-0.1, -0.05) is 18.2 Å². The number of para-hydroxylation sites is 3. The van der Waals surface area contributed by atoms with Crippen molar-refractivity contribution in [2.24, 2.45) is 0 Å². The van der Waals surface area contributed by atoms with Gasteiger partial charge in [0.05, 0.1) is 16.9 Å². The molecule has 0 radical (unpaired) electrons. The fourth-order valence-electron chi connectivity index (χ4n) is 2.80. The number of nitrogens with zero attached hydrogens (tertiary/aromatic N) is 1. The summed E-state index contributed by atoms with van der Waals surface area (Å²) in [6.45, 7) is 0.828. The maximum atomic E-state index is 13.0. The van der Waals surface area contributed by atoms with E-state index in [4.69, 9.17) is 9.47 Å². The Morgan fingerprint density at radius 3 is 2.78 bits per heavy atom.